The van der Waals surface area contributed by atoms with Gasteiger partial charge in [0.15, 0.2) is 0 Å². The van der Waals surface area contributed by atoms with Crippen molar-refractivity contribution in [1.82, 2.24) is 9.88 Å². The van der Waals surface area contributed by atoms with E-state index in [0.717, 1.165) is 30.6 Å². The van der Waals surface area contributed by atoms with E-state index in [2.05, 4.69) is 32.0 Å². The van der Waals surface area contributed by atoms with Gasteiger partial charge in [-0.15, -0.1) is 0 Å². The summed E-state index contributed by atoms with van der Waals surface area (Å²) >= 11 is 0. The fraction of sp³-hybridized carbons (Fsp3) is 0.444. The Morgan fingerprint density at radius 2 is 2.18 bits per heavy atom. The number of amides is 1. The zero-order chi connectivity index (χ0) is 15.7. The molecule has 0 spiro atoms. The van der Waals surface area contributed by atoms with Gasteiger partial charge in [0.25, 0.3) is 0 Å². The smallest absolute Gasteiger partial charge is 0.410 e. The number of aryl methyl sites for hydroxylation is 3. The van der Waals surface area contributed by atoms with Crippen LogP contribution in [-0.4, -0.2) is 29.1 Å². The first kappa shape index (κ1) is 14.8. The van der Waals surface area contributed by atoms with E-state index in [1.807, 2.05) is 6.92 Å². The van der Waals surface area contributed by atoms with Gasteiger partial charge in [-0.25, -0.2) is 4.79 Å². The molecule has 1 aromatic carbocycles. The zero-order valence-electron chi connectivity index (χ0n) is 13.5. The highest BCUT2D eigenvalue weighted by Gasteiger charge is 2.23. The van der Waals surface area contributed by atoms with Crippen LogP contribution in [0.25, 0.3) is 10.9 Å². The molecule has 1 aromatic heterocycles. The average Bonchev–Trinajstić information content (AvgIpc) is 2.70. The Balaban J connectivity index is 2.05. The van der Waals surface area contributed by atoms with Crippen LogP contribution in [0.2, 0.25) is 0 Å². The molecule has 4 heteroatoms. The average molecular weight is 298 g/mol. The van der Waals surface area contributed by atoms with Gasteiger partial charge in [-0.1, -0.05) is 12.1 Å². The van der Waals surface area contributed by atoms with Crippen LogP contribution in [0.15, 0.2) is 18.2 Å². The Morgan fingerprint density at radius 1 is 1.36 bits per heavy atom. The zero-order valence-corrected chi connectivity index (χ0v) is 13.5. The van der Waals surface area contributed by atoms with Crippen LogP contribution < -0.4 is 0 Å². The highest BCUT2D eigenvalue weighted by Crippen LogP contribution is 2.27. The van der Waals surface area contributed by atoms with Gasteiger partial charge in [-0.2, -0.15) is 0 Å². The van der Waals surface area contributed by atoms with Gasteiger partial charge in [-0.3, -0.25) is 4.98 Å². The second kappa shape index (κ2) is 5.95. The van der Waals surface area contributed by atoms with Gasteiger partial charge in [0.05, 0.1) is 18.7 Å². The third-order valence-corrected chi connectivity index (χ3v) is 4.33. The lowest BCUT2D eigenvalue weighted by molar-refractivity contribution is 0.105. The van der Waals surface area contributed by atoms with Gasteiger partial charge < -0.3 is 9.64 Å². The second-order valence-corrected chi connectivity index (χ2v) is 5.91. The molecule has 0 radical (unpaired) electrons. The number of carbonyl (C=O) groups is 1. The third kappa shape index (κ3) is 2.65. The summed E-state index contributed by atoms with van der Waals surface area (Å²) in [5.41, 5.74) is 5.82. The maximum atomic E-state index is 12.1. The monoisotopic (exact) mass is 298 g/mol. The quantitative estimate of drug-likeness (QED) is 0.805. The molecule has 0 N–H and O–H groups in total. The van der Waals surface area contributed by atoms with Crippen molar-refractivity contribution in [2.45, 2.75) is 40.2 Å². The number of fused-ring (bicyclic) bond motifs is 2. The number of pyridine rings is 1. The number of benzene rings is 1. The van der Waals surface area contributed by atoms with Crippen LogP contribution >= 0.6 is 0 Å². The van der Waals surface area contributed by atoms with E-state index in [1.54, 1.807) is 4.90 Å². The first-order chi connectivity index (χ1) is 10.6. The van der Waals surface area contributed by atoms with Crippen molar-refractivity contribution in [3.63, 3.8) is 0 Å². The van der Waals surface area contributed by atoms with Crippen molar-refractivity contribution < 1.29 is 9.53 Å². The number of hydrogen-bond donors (Lipinski definition) is 0. The fourth-order valence-electron chi connectivity index (χ4n) is 3.14. The number of hydrogen-bond acceptors (Lipinski definition) is 3. The maximum absolute atomic E-state index is 12.1. The fourth-order valence-corrected chi connectivity index (χ4v) is 3.14. The highest BCUT2D eigenvalue weighted by atomic mass is 16.6. The number of ether oxygens (including phenoxy) is 1. The molecule has 0 saturated heterocycles. The van der Waals surface area contributed by atoms with E-state index in [-0.39, 0.29) is 6.09 Å². The molecular formula is C18H22N2O2. The molecule has 1 aliphatic heterocycles. The molecule has 0 bridgehead atoms. The molecule has 2 aromatic rings. The van der Waals surface area contributed by atoms with E-state index in [0.29, 0.717) is 13.2 Å². The molecule has 3 rings (SSSR count). The van der Waals surface area contributed by atoms with Crippen LogP contribution in [0, 0.1) is 13.8 Å². The molecule has 4 nitrogen and oxygen atoms in total. The van der Waals surface area contributed by atoms with Gasteiger partial charge in [0, 0.05) is 17.6 Å². The van der Waals surface area contributed by atoms with Crippen molar-refractivity contribution in [3.8, 4) is 0 Å². The normalized spacial score (nSPS) is 14.6. The number of rotatable bonds is 1. The lowest BCUT2D eigenvalue weighted by Crippen LogP contribution is -2.31. The largest absolute Gasteiger partial charge is 0.450 e. The molecular weight excluding hydrogens is 276 g/mol. The van der Waals surface area contributed by atoms with E-state index in [1.165, 1.54) is 22.1 Å². The van der Waals surface area contributed by atoms with Crippen molar-refractivity contribution in [2.24, 2.45) is 0 Å². The Morgan fingerprint density at radius 3 is 2.95 bits per heavy atom. The summed E-state index contributed by atoms with van der Waals surface area (Å²) in [6.45, 7) is 7.79. The Bertz CT molecular complexity index is 725. The first-order valence-corrected chi connectivity index (χ1v) is 7.90. The molecule has 0 aliphatic carbocycles. The predicted octanol–water partition coefficient (Wildman–Crippen LogP) is 3.76. The minimum absolute atomic E-state index is 0.223. The Labute approximate surface area is 131 Å². The minimum atomic E-state index is -0.223. The molecule has 0 atom stereocenters. The summed E-state index contributed by atoms with van der Waals surface area (Å²) < 4.78 is 5.16. The maximum Gasteiger partial charge on any atom is 0.410 e. The molecule has 0 unspecified atom stereocenters. The molecule has 116 valence electrons. The van der Waals surface area contributed by atoms with Crippen LogP contribution in [-0.2, 0) is 17.7 Å². The molecule has 0 saturated carbocycles. The van der Waals surface area contributed by atoms with Crippen LogP contribution in [0.3, 0.4) is 0 Å². The number of nitrogens with zero attached hydrogens (tertiary/aromatic N) is 2. The lowest BCUT2D eigenvalue weighted by Gasteiger charge is -2.21. The van der Waals surface area contributed by atoms with Gasteiger partial charge in [-0.05, 0) is 56.4 Å². The van der Waals surface area contributed by atoms with Crippen molar-refractivity contribution >= 4 is 17.0 Å². The standard InChI is InChI=1S/C18H22N2O2/c1-4-22-18(21)20-9-5-6-16-15(11-20)13(3)14-8-7-12(2)10-17(14)19-16/h7-8,10H,4-6,9,11H2,1-3H3. The summed E-state index contributed by atoms with van der Waals surface area (Å²) in [5, 5.41) is 1.18. The summed E-state index contributed by atoms with van der Waals surface area (Å²) in [4.78, 5) is 18.7. The van der Waals surface area contributed by atoms with E-state index in [4.69, 9.17) is 9.72 Å². The molecule has 1 aliphatic rings. The van der Waals surface area contributed by atoms with Crippen molar-refractivity contribution in [1.29, 1.82) is 0 Å². The molecule has 2 heterocycles. The van der Waals surface area contributed by atoms with Gasteiger partial charge >= 0.3 is 6.09 Å². The van der Waals surface area contributed by atoms with Gasteiger partial charge in [0.2, 0.25) is 0 Å². The van der Waals surface area contributed by atoms with Crippen molar-refractivity contribution in [3.05, 3.63) is 40.6 Å². The Hall–Kier alpha value is -2.10. The lowest BCUT2D eigenvalue weighted by atomic mass is 9.99. The van der Waals surface area contributed by atoms with E-state index in [9.17, 15) is 4.79 Å². The van der Waals surface area contributed by atoms with Crippen LogP contribution in [0.5, 0.6) is 0 Å². The summed E-state index contributed by atoms with van der Waals surface area (Å²) in [6, 6.07) is 6.38. The summed E-state index contributed by atoms with van der Waals surface area (Å²) in [6.07, 6.45) is 1.62. The topological polar surface area (TPSA) is 42.4 Å². The summed E-state index contributed by atoms with van der Waals surface area (Å²) in [5.74, 6) is 0. The number of carbonyl (C=O) groups excluding carboxylic acids is 1. The van der Waals surface area contributed by atoms with E-state index < -0.39 is 0 Å². The van der Waals surface area contributed by atoms with E-state index >= 15 is 0 Å². The summed E-state index contributed by atoms with van der Waals surface area (Å²) in [7, 11) is 0. The minimum Gasteiger partial charge on any atom is -0.450 e. The number of aromatic nitrogens is 1. The second-order valence-electron chi connectivity index (χ2n) is 5.91. The Kier molecular flexibility index (Phi) is 4.01. The molecule has 22 heavy (non-hydrogen) atoms. The van der Waals surface area contributed by atoms with Crippen molar-refractivity contribution in [2.75, 3.05) is 13.2 Å². The first-order valence-electron chi connectivity index (χ1n) is 7.90. The molecule has 0 fully saturated rings. The molecule has 1 amide bonds. The van der Waals surface area contributed by atoms with Gasteiger partial charge in [0.1, 0.15) is 0 Å². The predicted molar refractivity (Wildman–Crippen MR) is 87.0 cm³/mol. The highest BCUT2D eigenvalue weighted by molar-refractivity contribution is 5.84. The van der Waals surface area contributed by atoms with Crippen LogP contribution in [0.4, 0.5) is 4.79 Å². The van der Waals surface area contributed by atoms with Crippen LogP contribution in [0.1, 0.15) is 35.7 Å². The third-order valence-electron chi connectivity index (χ3n) is 4.33. The SMILES string of the molecule is CCOC(=O)N1CCCc2nc3cc(C)ccc3c(C)c2C1.